The highest BCUT2D eigenvalue weighted by Crippen LogP contribution is 2.14. The van der Waals surface area contributed by atoms with Crippen LogP contribution in [0.15, 0.2) is 24.3 Å². The van der Waals surface area contributed by atoms with E-state index < -0.39 is 11.9 Å². The Hall–Kier alpha value is -2.56. The van der Waals surface area contributed by atoms with Crippen LogP contribution in [0.25, 0.3) is 0 Å². The summed E-state index contributed by atoms with van der Waals surface area (Å²) in [4.78, 5) is 26.3. The summed E-state index contributed by atoms with van der Waals surface area (Å²) in [7, 11) is 0. The summed E-state index contributed by atoms with van der Waals surface area (Å²) in [5, 5.41) is 11.7. The molecule has 1 saturated heterocycles. The zero-order valence-electron chi connectivity index (χ0n) is 15.0. The Balaban J connectivity index is 1.91. The first-order valence-electron chi connectivity index (χ1n) is 8.74. The molecule has 7 heteroatoms. The number of carbonyl (C=O) groups excluding carboxylic acids is 2. The second kappa shape index (κ2) is 10.4. The van der Waals surface area contributed by atoms with Crippen LogP contribution in [0.5, 0.6) is 5.75 Å². The fourth-order valence-electron chi connectivity index (χ4n) is 2.88. The van der Waals surface area contributed by atoms with E-state index in [4.69, 9.17) is 9.94 Å². The number of hydrogen-bond acceptors (Lipinski definition) is 5. The van der Waals surface area contributed by atoms with Gasteiger partial charge in [-0.25, -0.2) is 5.48 Å². The number of nitrogens with zero attached hydrogens (tertiary/aromatic N) is 1. The van der Waals surface area contributed by atoms with Crippen molar-refractivity contribution in [3.05, 3.63) is 29.8 Å². The number of hydroxylamine groups is 1. The molecule has 2 rings (SSSR count). The number of rotatable bonds is 7. The summed E-state index contributed by atoms with van der Waals surface area (Å²) in [6.07, 6.45) is 3.15. The third kappa shape index (κ3) is 5.76. The average Bonchev–Trinajstić information content (AvgIpc) is 2.69. The lowest BCUT2D eigenvalue weighted by atomic mass is 10.1. The fourth-order valence-corrected chi connectivity index (χ4v) is 2.88. The number of nitrogens with one attached hydrogen (secondary N) is 2. The molecule has 1 aliphatic rings. The van der Waals surface area contributed by atoms with Crippen LogP contribution < -0.4 is 15.5 Å². The molecule has 0 unspecified atom stereocenters. The van der Waals surface area contributed by atoms with Crippen molar-refractivity contribution < 1.29 is 19.5 Å². The maximum atomic E-state index is 12.3. The predicted octanol–water partition coefficient (Wildman–Crippen LogP) is 1.18. The van der Waals surface area contributed by atoms with E-state index >= 15 is 0 Å². The van der Waals surface area contributed by atoms with Crippen molar-refractivity contribution in [2.75, 3.05) is 26.2 Å². The van der Waals surface area contributed by atoms with Crippen molar-refractivity contribution in [1.29, 1.82) is 0 Å². The second-order valence-electron chi connectivity index (χ2n) is 6.04. The molecule has 1 aliphatic heterocycles. The number of likely N-dealkylation sites (tertiary alicyclic amines) is 1. The van der Waals surface area contributed by atoms with Crippen LogP contribution in [-0.4, -0.2) is 54.2 Å². The molecule has 0 saturated carbocycles. The highest BCUT2D eigenvalue weighted by molar-refractivity contribution is 5.94. The van der Waals surface area contributed by atoms with E-state index in [1.54, 1.807) is 36.7 Å². The van der Waals surface area contributed by atoms with E-state index in [1.807, 2.05) is 4.90 Å². The number of amides is 2. The Morgan fingerprint density at radius 3 is 2.54 bits per heavy atom. The van der Waals surface area contributed by atoms with Crippen molar-refractivity contribution in [1.82, 2.24) is 15.7 Å². The molecule has 1 aromatic carbocycles. The lowest BCUT2D eigenvalue weighted by molar-refractivity contribution is -0.135. The summed E-state index contributed by atoms with van der Waals surface area (Å²) in [5.74, 6) is 5.39. The number of ether oxygens (including phenoxy) is 1. The Labute approximate surface area is 153 Å². The minimum atomic E-state index is -0.584. The summed E-state index contributed by atoms with van der Waals surface area (Å²) in [5.41, 5.74) is 2.17. The maximum absolute atomic E-state index is 12.3. The molecule has 1 atom stereocenters. The monoisotopic (exact) mass is 359 g/mol. The molecule has 3 N–H and O–H groups in total. The molecule has 0 bridgehead atoms. The van der Waals surface area contributed by atoms with Gasteiger partial charge in [-0.3, -0.25) is 19.7 Å². The van der Waals surface area contributed by atoms with Crippen LogP contribution >= 0.6 is 0 Å². The van der Waals surface area contributed by atoms with Crippen molar-refractivity contribution in [2.45, 2.75) is 32.2 Å². The molecule has 0 spiro atoms. The zero-order valence-corrected chi connectivity index (χ0v) is 15.0. The van der Waals surface area contributed by atoms with Gasteiger partial charge >= 0.3 is 0 Å². The van der Waals surface area contributed by atoms with E-state index in [1.165, 1.54) is 0 Å². The zero-order chi connectivity index (χ0) is 18.8. The van der Waals surface area contributed by atoms with Gasteiger partial charge in [0.1, 0.15) is 18.4 Å². The average molecular weight is 359 g/mol. The van der Waals surface area contributed by atoms with Crippen LogP contribution in [0.4, 0.5) is 0 Å². The summed E-state index contributed by atoms with van der Waals surface area (Å²) >= 11 is 0. The van der Waals surface area contributed by atoms with Crippen LogP contribution in [-0.2, 0) is 4.79 Å². The molecule has 140 valence electrons. The quantitative estimate of drug-likeness (QED) is 0.386. The Bertz CT molecular complexity index is 658. The highest BCUT2D eigenvalue weighted by atomic mass is 16.5. The molecule has 26 heavy (non-hydrogen) atoms. The SMILES string of the molecule is CC#CCOc1ccc(C(=O)NC[C@@H](C(=O)NO)N2CCCCC2)cc1. The summed E-state index contributed by atoms with van der Waals surface area (Å²) in [6.45, 7) is 3.73. The van der Waals surface area contributed by atoms with Gasteiger partial charge < -0.3 is 10.1 Å². The third-order valence-corrected chi connectivity index (χ3v) is 4.30. The van der Waals surface area contributed by atoms with E-state index in [9.17, 15) is 9.59 Å². The molecule has 7 nitrogen and oxygen atoms in total. The van der Waals surface area contributed by atoms with Gasteiger partial charge in [-0.2, -0.15) is 0 Å². The van der Waals surface area contributed by atoms with Gasteiger partial charge in [0.15, 0.2) is 0 Å². The topological polar surface area (TPSA) is 90.9 Å². The van der Waals surface area contributed by atoms with Crippen LogP contribution in [0, 0.1) is 11.8 Å². The molecule has 0 radical (unpaired) electrons. The molecule has 1 heterocycles. The van der Waals surface area contributed by atoms with Crippen LogP contribution in [0.1, 0.15) is 36.5 Å². The first kappa shape index (κ1) is 19.8. The Kier molecular flexibility index (Phi) is 7.93. The van der Waals surface area contributed by atoms with Crippen molar-refractivity contribution in [3.8, 4) is 17.6 Å². The molecule has 1 fully saturated rings. The van der Waals surface area contributed by atoms with Gasteiger partial charge in [-0.1, -0.05) is 12.3 Å². The van der Waals surface area contributed by atoms with Gasteiger partial charge in [0, 0.05) is 12.1 Å². The van der Waals surface area contributed by atoms with E-state index in [0.717, 1.165) is 32.4 Å². The standard InChI is InChI=1S/C19H25N3O4/c1-2-3-13-26-16-9-7-15(8-10-16)18(23)20-14-17(19(24)21-25)22-11-5-4-6-12-22/h7-10,17,25H,4-6,11-14H2,1H3,(H,20,23)(H,21,24)/t17-/m0/s1. The molecule has 2 amide bonds. The molecule has 0 aliphatic carbocycles. The maximum Gasteiger partial charge on any atom is 0.262 e. The molecular weight excluding hydrogens is 334 g/mol. The molecule has 1 aromatic rings. The van der Waals surface area contributed by atoms with E-state index in [-0.39, 0.29) is 12.5 Å². The van der Waals surface area contributed by atoms with Gasteiger partial charge in [-0.05, 0) is 57.1 Å². The fraction of sp³-hybridized carbons (Fsp3) is 0.474. The number of carbonyl (C=O) groups is 2. The van der Waals surface area contributed by atoms with Gasteiger partial charge in [0.2, 0.25) is 0 Å². The normalized spacial score (nSPS) is 15.3. The van der Waals surface area contributed by atoms with E-state index in [2.05, 4.69) is 17.2 Å². The Morgan fingerprint density at radius 1 is 1.23 bits per heavy atom. The third-order valence-electron chi connectivity index (χ3n) is 4.30. The highest BCUT2D eigenvalue weighted by Gasteiger charge is 2.27. The summed E-state index contributed by atoms with van der Waals surface area (Å²) in [6, 6.07) is 6.14. The second-order valence-corrected chi connectivity index (χ2v) is 6.04. The lowest BCUT2D eigenvalue weighted by Gasteiger charge is -2.33. The van der Waals surface area contributed by atoms with Gasteiger partial charge in [-0.15, -0.1) is 5.92 Å². The number of hydrogen-bond donors (Lipinski definition) is 3. The summed E-state index contributed by atoms with van der Waals surface area (Å²) < 4.78 is 5.41. The van der Waals surface area contributed by atoms with Gasteiger partial charge in [0.25, 0.3) is 11.8 Å². The van der Waals surface area contributed by atoms with Crippen molar-refractivity contribution in [3.63, 3.8) is 0 Å². The minimum absolute atomic E-state index is 0.134. The van der Waals surface area contributed by atoms with Crippen molar-refractivity contribution in [2.24, 2.45) is 0 Å². The number of piperidine rings is 1. The van der Waals surface area contributed by atoms with E-state index in [0.29, 0.717) is 17.9 Å². The molecular formula is C19H25N3O4. The van der Waals surface area contributed by atoms with Crippen LogP contribution in [0.2, 0.25) is 0 Å². The van der Waals surface area contributed by atoms with Crippen LogP contribution in [0.3, 0.4) is 0 Å². The van der Waals surface area contributed by atoms with Gasteiger partial charge in [0.05, 0.1) is 0 Å². The lowest BCUT2D eigenvalue weighted by Crippen LogP contribution is -2.53. The first-order chi connectivity index (χ1) is 12.7. The first-order valence-corrected chi connectivity index (χ1v) is 8.74. The Morgan fingerprint density at radius 2 is 1.92 bits per heavy atom. The van der Waals surface area contributed by atoms with Crippen molar-refractivity contribution >= 4 is 11.8 Å². The number of benzene rings is 1. The predicted molar refractivity (Wildman–Crippen MR) is 96.9 cm³/mol. The largest absolute Gasteiger partial charge is 0.481 e. The molecule has 0 aromatic heterocycles. The smallest absolute Gasteiger partial charge is 0.262 e. The minimum Gasteiger partial charge on any atom is -0.481 e.